The number of rotatable bonds is 3. The van der Waals surface area contributed by atoms with Gasteiger partial charge in [-0.2, -0.15) is 0 Å². The Labute approximate surface area is 102 Å². The molecule has 1 atom stereocenters. The Bertz CT molecular complexity index is 415. The van der Waals surface area contributed by atoms with Crippen molar-refractivity contribution in [2.45, 2.75) is 33.1 Å². The van der Waals surface area contributed by atoms with Crippen LogP contribution in [0.1, 0.15) is 32.3 Å². The van der Waals surface area contributed by atoms with Gasteiger partial charge in [-0.1, -0.05) is 26.3 Å². The fraction of sp³-hybridized carbons (Fsp3) is 0.500. The lowest BCUT2D eigenvalue weighted by Gasteiger charge is -2.09. The summed E-state index contributed by atoms with van der Waals surface area (Å²) in [6, 6.07) is 6.07. The maximum Gasteiger partial charge on any atom is 0.230 e. The minimum Gasteiger partial charge on any atom is -0.491 e. The van der Waals surface area contributed by atoms with Crippen molar-refractivity contribution in [3.05, 3.63) is 23.8 Å². The maximum absolute atomic E-state index is 11.7. The fourth-order valence-electron chi connectivity index (χ4n) is 1.88. The SMILES string of the molecule is CCCCc1ccc2c(c1)NC(=O)C(C)CO2. The summed E-state index contributed by atoms with van der Waals surface area (Å²) < 4.78 is 5.61. The van der Waals surface area contributed by atoms with Gasteiger partial charge in [0.15, 0.2) is 0 Å². The van der Waals surface area contributed by atoms with Crippen molar-refractivity contribution in [2.75, 3.05) is 11.9 Å². The lowest BCUT2D eigenvalue weighted by Crippen LogP contribution is -2.22. The maximum atomic E-state index is 11.7. The fourth-order valence-corrected chi connectivity index (χ4v) is 1.88. The number of anilines is 1. The quantitative estimate of drug-likeness (QED) is 0.871. The van der Waals surface area contributed by atoms with E-state index in [2.05, 4.69) is 18.3 Å². The zero-order chi connectivity index (χ0) is 12.3. The van der Waals surface area contributed by atoms with Crippen LogP contribution in [-0.4, -0.2) is 12.5 Å². The normalized spacial score (nSPS) is 18.9. The molecule has 1 aliphatic rings. The standard InChI is InChI=1S/C14H19NO2/c1-3-4-5-11-6-7-13-12(8-11)15-14(16)10(2)9-17-13/h6-8,10H,3-5,9H2,1-2H3,(H,15,16). The summed E-state index contributed by atoms with van der Waals surface area (Å²) in [5.41, 5.74) is 2.07. The molecular formula is C14H19NO2. The van der Waals surface area contributed by atoms with E-state index in [-0.39, 0.29) is 11.8 Å². The molecule has 0 aromatic heterocycles. The van der Waals surface area contributed by atoms with Crippen molar-refractivity contribution in [2.24, 2.45) is 5.92 Å². The average Bonchev–Trinajstić information content (AvgIpc) is 2.47. The van der Waals surface area contributed by atoms with Crippen LogP contribution >= 0.6 is 0 Å². The molecule has 0 bridgehead atoms. The monoisotopic (exact) mass is 233 g/mol. The van der Waals surface area contributed by atoms with Crippen molar-refractivity contribution in [3.8, 4) is 5.75 Å². The van der Waals surface area contributed by atoms with Gasteiger partial charge in [0.05, 0.1) is 18.2 Å². The van der Waals surface area contributed by atoms with Crippen molar-refractivity contribution in [1.82, 2.24) is 0 Å². The molecule has 3 nitrogen and oxygen atoms in total. The molecule has 92 valence electrons. The Hall–Kier alpha value is -1.51. The summed E-state index contributed by atoms with van der Waals surface area (Å²) in [6.45, 7) is 4.50. The second-order valence-electron chi connectivity index (χ2n) is 4.64. The summed E-state index contributed by atoms with van der Waals surface area (Å²) >= 11 is 0. The van der Waals surface area contributed by atoms with Gasteiger partial charge in [0.2, 0.25) is 5.91 Å². The topological polar surface area (TPSA) is 38.3 Å². The molecule has 1 unspecified atom stereocenters. The van der Waals surface area contributed by atoms with Gasteiger partial charge in [-0.15, -0.1) is 0 Å². The average molecular weight is 233 g/mol. The Morgan fingerprint density at radius 1 is 1.47 bits per heavy atom. The van der Waals surface area contributed by atoms with Crippen molar-refractivity contribution in [3.63, 3.8) is 0 Å². The van der Waals surface area contributed by atoms with Gasteiger partial charge >= 0.3 is 0 Å². The van der Waals surface area contributed by atoms with E-state index in [0.717, 1.165) is 17.9 Å². The first kappa shape index (κ1) is 12.0. The largest absolute Gasteiger partial charge is 0.491 e. The number of fused-ring (bicyclic) bond motifs is 1. The van der Waals surface area contributed by atoms with E-state index < -0.39 is 0 Å². The first-order valence-electron chi connectivity index (χ1n) is 6.27. The summed E-state index contributed by atoms with van der Waals surface area (Å²) in [6.07, 6.45) is 3.40. The molecule has 2 rings (SSSR count). The molecule has 0 aliphatic carbocycles. The molecule has 1 heterocycles. The number of benzene rings is 1. The van der Waals surface area contributed by atoms with Crippen LogP contribution in [0.4, 0.5) is 5.69 Å². The molecule has 0 spiro atoms. The van der Waals surface area contributed by atoms with E-state index in [0.29, 0.717) is 6.61 Å². The van der Waals surface area contributed by atoms with Crippen LogP contribution < -0.4 is 10.1 Å². The highest BCUT2D eigenvalue weighted by molar-refractivity contribution is 5.94. The molecule has 1 aromatic carbocycles. The highest BCUT2D eigenvalue weighted by atomic mass is 16.5. The van der Waals surface area contributed by atoms with Crippen molar-refractivity contribution >= 4 is 11.6 Å². The third-order valence-corrected chi connectivity index (χ3v) is 3.06. The highest BCUT2D eigenvalue weighted by Gasteiger charge is 2.20. The van der Waals surface area contributed by atoms with Gasteiger partial charge in [-0.05, 0) is 30.5 Å². The summed E-state index contributed by atoms with van der Waals surface area (Å²) in [5.74, 6) is 0.723. The third-order valence-electron chi connectivity index (χ3n) is 3.06. The smallest absolute Gasteiger partial charge is 0.230 e. The number of aryl methyl sites for hydroxylation is 1. The first-order chi connectivity index (χ1) is 8.20. The van der Waals surface area contributed by atoms with E-state index in [4.69, 9.17) is 4.74 Å². The van der Waals surface area contributed by atoms with E-state index in [1.807, 2.05) is 19.1 Å². The lowest BCUT2D eigenvalue weighted by atomic mass is 10.1. The van der Waals surface area contributed by atoms with Gasteiger partial charge < -0.3 is 10.1 Å². The minimum absolute atomic E-state index is 0.0383. The van der Waals surface area contributed by atoms with E-state index in [9.17, 15) is 4.79 Å². The first-order valence-corrected chi connectivity index (χ1v) is 6.27. The summed E-state index contributed by atoms with van der Waals surface area (Å²) in [5, 5.41) is 2.93. The number of nitrogens with one attached hydrogen (secondary N) is 1. The number of amides is 1. The molecule has 1 N–H and O–H groups in total. The van der Waals surface area contributed by atoms with Crippen LogP contribution in [0.15, 0.2) is 18.2 Å². The van der Waals surface area contributed by atoms with E-state index in [1.54, 1.807) is 0 Å². The van der Waals surface area contributed by atoms with Crippen molar-refractivity contribution < 1.29 is 9.53 Å². The predicted octanol–water partition coefficient (Wildman–Crippen LogP) is 3.00. The molecule has 1 aliphatic heterocycles. The number of carbonyl (C=O) groups excluding carboxylic acids is 1. The Kier molecular flexibility index (Phi) is 3.67. The number of ether oxygens (including phenoxy) is 1. The van der Waals surface area contributed by atoms with Crippen LogP contribution in [0.25, 0.3) is 0 Å². The van der Waals surface area contributed by atoms with Crippen LogP contribution in [0.3, 0.4) is 0 Å². The zero-order valence-corrected chi connectivity index (χ0v) is 10.5. The van der Waals surface area contributed by atoms with Crippen LogP contribution in [0, 0.1) is 5.92 Å². The van der Waals surface area contributed by atoms with Crippen molar-refractivity contribution in [1.29, 1.82) is 0 Å². The van der Waals surface area contributed by atoms with Crippen LogP contribution in [0.5, 0.6) is 5.75 Å². The molecule has 17 heavy (non-hydrogen) atoms. The Morgan fingerprint density at radius 2 is 2.29 bits per heavy atom. The van der Waals surface area contributed by atoms with Gasteiger partial charge in [0, 0.05) is 0 Å². The third kappa shape index (κ3) is 2.78. The van der Waals surface area contributed by atoms with E-state index in [1.165, 1.54) is 18.4 Å². The molecule has 1 amide bonds. The van der Waals surface area contributed by atoms with Gasteiger partial charge in [0.1, 0.15) is 5.75 Å². The van der Waals surface area contributed by atoms with Gasteiger partial charge in [0.25, 0.3) is 0 Å². The lowest BCUT2D eigenvalue weighted by molar-refractivity contribution is -0.119. The van der Waals surface area contributed by atoms with Gasteiger partial charge in [-0.25, -0.2) is 0 Å². The zero-order valence-electron chi connectivity index (χ0n) is 10.5. The number of hydrogen-bond acceptors (Lipinski definition) is 2. The molecule has 0 radical (unpaired) electrons. The second kappa shape index (κ2) is 5.21. The molecular weight excluding hydrogens is 214 g/mol. The van der Waals surface area contributed by atoms with Gasteiger partial charge in [-0.3, -0.25) is 4.79 Å². The minimum atomic E-state index is -0.0958. The molecule has 0 saturated carbocycles. The number of hydrogen-bond donors (Lipinski definition) is 1. The summed E-state index contributed by atoms with van der Waals surface area (Å²) in [7, 11) is 0. The predicted molar refractivity (Wildman–Crippen MR) is 68.3 cm³/mol. The molecule has 3 heteroatoms. The second-order valence-corrected chi connectivity index (χ2v) is 4.64. The number of unbranched alkanes of at least 4 members (excludes halogenated alkanes) is 1. The van der Waals surface area contributed by atoms with Crippen LogP contribution in [-0.2, 0) is 11.2 Å². The Morgan fingerprint density at radius 3 is 3.06 bits per heavy atom. The molecule has 1 aromatic rings. The molecule has 0 fully saturated rings. The highest BCUT2D eigenvalue weighted by Crippen LogP contribution is 2.29. The molecule has 0 saturated heterocycles. The Balaban J connectivity index is 2.20. The number of carbonyl (C=O) groups is 1. The van der Waals surface area contributed by atoms with E-state index >= 15 is 0 Å². The summed E-state index contributed by atoms with van der Waals surface area (Å²) in [4.78, 5) is 11.7. The van der Waals surface area contributed by atoms with Crippen LogP contribution in [0.2, 0.25) is 0 Å².